The summed E-state index contributed by atoms with van der Waals surface area (Å²) in [6, 6.07) is 14.8. The molecule has 0 radical (unpaired) electrons. The number of pyridine rings is 1. The van der Waals surface area contributed by atoms with E-state index in [1.165, 1.54) is 6.07 Å². The Hall–Kier alpha value is -2.28. The number of ether oxygens (including phenoxy) is 1. The first-order valence-electron chi connectivity index (χ1n) is 10.1. The zero-order valence-electron chi connectivity index (χ0n) is 16.1. The van der Waals surface area contributed by atoms with Crippen molar-refractivity contribution in [3.05, 3.63) is 54.1 Å². The van der Waals surface area contributed by atoms with Crippen molar-refractivity contribution in [1.29, 1.82) is 0 Å². The molecule has 0 amide bonds. The lowest BCUT2D eigenvalue weighted by molar-refractivity contribution is -0.154. The molecule has 29 heavy (non-hydrogen) atoms. The van der Waals surface area contributed by atoms with Crippen molar-refractivity contribution < 1.29 is 23.0 Å². The number of alkyl halides is 3. The number of piperidine rings is 1. The zero-order valence-corrected chi connectivity index (χ0v) is 16.1. The van der Waals surface area contributed by atoms with E-state index in [9.17, 15) is 18.3 Å². The van der Waals surface area contributed by atoms with Crippen molar-refractivity contribution in [3.8, 4) is 5.88 Å². The van der Waals surface area contributed by atoms with Crippen LogP contribution in [0.1, 0.15) is 37.7 Å². The highest BCUT2D eigenvalue weighted by atomic mass is 19.4. The largest absolute Gasteiger partial charge is 0.468 e. The number of hydrogen-bond acceptors (Lipinski definition) is 4. The van der Waals surface area contributed by atoms with E-state index in [0.29, 0.717) is 18.8 Å². The van der Waals surface area contributed by atoms with Crippen LogP contribution in [0.25, 0.3) is 0 Å². The van der Waals surface area contributed by atoms with Gasteiger partial charge in [0.05, 0.1) is 5.60 Å². The van der Waals surface area contributed by atoms with Crippen LogP contribution in [0.5, 0.6) is 5.88 Å². The summed E-state index contributed by atoms with van der Waals surface area (Å²) in [6.07, 6.45) is 0.113. The van der Waals surface area contributed by atoms with Gasteiger partial charge >= 0.3 is 6.18 Å². The molecule has 2 aliphatic rings. The molecule has 1 aliphatic carbocycles. The molecule has 2 aromatic rings. The Balaban J connectivity index is 1.59. The quantitative estimate of drug-likeness (QED) is 0.801. The second kappa shape index (κ2) is 7.86. The number of benzene rings is 1. The Bertz CT molecular complexity index is 830. The molecule has 3 atom stereocenters. The Labute approximate surface area is 168 Å². The topological polar surface area (TPSA) is 45.6 Å². The van der Waals surface area contributed by atoms with Crippen molar-refractivity contribution >= 4 is 5.82 Å². The number of aliphatic hydroxyl groups is 1. The molecular weight excluding hydrogens is 381 g/mol. The summed E-state index contributed by atoms with van der Waals surface area (Å²) >= 11 is 0. The molecule has 1 aromatic carbocycles. The molecule has 4 rings (SSSR count). The van der Waals surface area contributed by atoms with E-state index >= 15 is 0 Å². The van der Waals surface area contributed by atoms with E-state index < -0.39 is 18.4 Å². The lowest BCUT2D eigenvalue weighted by Crippen LogP contribution is -2.57. The summed E-state index contributed by atoms with van der Waals surface area (Å²) in [4.78, 5) is 6.47. The average molecular weight is 406 g/mol. The van der Waals surface area contributed by atoms with E-state index in [0.717, 1.165) is 31.2 Å². The molecular formula is C22H25F3N2O2. The second-order valence-electron chi connectivity index (χ2n) is 7.93. The molecule has 1 saturated carbocycles. The molecule has 2 fully saturated rings. The van der Waals surface area contributed by atoms with Gasteiger partial charge in [-0.2, -0.15) is 18.2 Å². The van der Waals surface area contributed by atoms with Crippen LogP contribution >= 0.6 is 0 Å². The number of anilines is 1. The number of aromatic nitrogens is 1. The van der Waals surface area contributed by atoms with Crippen LogP contribution in [0.3, 0.4) is 0 Å². The predicted octanol–water partition coefficient (Wildman–Crippen LogP) is 4.68. The maximum atomic E-state index is 12.5. The maximum absolute atomic E-state index is 12.5. The van der Waals surface area contributed by atoms with Gasteiger partial charge in [0.25, 0.3) is 0 Å². The molecule has 0 spiro atoms. The van der Waals surface area contributed by atoms with Gasteiger partial charge in [-0.25, -0.2) is 0 Å². The molecule has 4 nitrogen and oxygen atoms in total. The van der Waals surface area contributed by atoms with Gasteiger partial charge in [-0.05, 0) is 30.9 Å². The first-order chi connectivity index (χ1) is 13.9. The van der Waals surface area contributed by atoms with Gasteiger partial charge in [0.2, 0.25) is 5.88 Å². The first-order valence-corrected chi connectivity index (χ1v) is 10.1. The lowest BCUT2D eigenvalue weighted by atomic mass is 9.66. The number of halogens is 3. The lowest BCUT2D eigenvalue weighted by Gasteiger charge is -2.53. The molecule has 7 heteroatoms. The molecule has 156 valence electrons. The minimum Gasteiger partial charge on any atom is -0.468 e. The Morgan fingerprint density at radius 3 is 2.59 bits per heavy atom. The third-order valence-corrected chi connectivity index (χ3v) is 6.14. The fourth-order valence-electron chi connectivity index (χ4n) is 4.85. The summed E-state index contributed by atoms with van der Waals surface area (Å²) in [5.74, 6) is 0.627. The number of fused-ring (bicyclic) bond motifs is 1. The SMILES string of the molecule is OC1(c2ccccc2)CCN(c2cccc(OCC(F)(F)F)n2)[C@H]2CCCC[C@H]21. The van der Waals surface area contributed by atoms with Crippen molar-refractivity contribution in [2.24, 2.45) is 5.92 Å². The number of rotatable bonds is 4. The van der Waals surface area contributed by atoms with E-state index in [1.54, 1.807) is 12.1 Å². The number of nitrogens with zero attached hydrogens (tertiary/aromatic N) is 2. The highest BCUT2D eigenvalue weighted by Gasteiger charge is 2.49. The van der Waals surface area contributed by atoms with Crippen molar-refractivity contribution in [1.82, 2.24) is 4.98 Å². The molecule has 1 saturated heterocycles. The van der Waals surface area contributed by atoms with Crippen LogP contribution < -0.4 is 9.64 Å². The van der Waals surface area contributed by atoms with Crippen molar-refractivity contribution in [2.75, 3.05) is 18.1 Å². The van der Waals surface area contributed by atoms with E-state index in [4.69, 9.17) is 4.74 Å². The second-order valence-corrected chi connectivity index (χ2v) is 7.93. The highest BCUT2D eigenvalue weighted by Crippen LogP contribution is 2.47. The molecule has 1 aromatic heterocycles. The summed E-state index contributed by atoms with van der Waals surface area (Å²) in [5, 5.41) is 11.6. The van der Waals surface area contributed by atoms with Gasteiger partial charge in [-0.15, -0.1) is 0 Å². The van der Waals surface area contributed by atoms with Gasteiger partial charge in [0.15, 0.2) is 6.61 Å². The van der Waals surface area contributed by atoms with Crippen molar-refractivity contribution in [3.63, 3.8) is 0 Å². The summed E-state index contributed by atoms with van der Waals surface area (Å²) < 4.78 is 42.3. The predicted molar refractivity (Wildman–Crippen MR) is 104 cm³/mol. The fourth-order valence-corrected chi connectivity index (χ4v) is 4.85. The van der Waals surface area contributed by atoms with Crippen LogP contribution in [0.15, 0.2) is 48.5 Å². The van der Waals surface area contributed by atoms with Crippen LogP contribution in [-0.4, -0.2) is 35.5 Å². The zero-order chi connectivity index (χ0) is 20.5. The van der Waals surface area contributed by atoms with Gasteiger partial charge in [0, 0.05) is 24.6 Å². The van der Waals surface area contributed by atoms with Crippen LogP contribution in [-0.2, 0) is 5.60 Å². The standard InChI is InChI=1S/C22H25F3N2O2/c23-22(24,25)15-29-20-12-6-11-19(26-20)27-14-13-21(28,16-7-2-1-3-8-16)17-9-4-5-10-18(17)27/h1-3,6-8,11-12,17-18,28H,4-5,9-10,13-15H2/t17-,18+,21?/m1/s1. The average Bonchev–Trinajstić information content (AvgIpc) is 2.73. The van der Waals surface area contributed by atoms with Crippen molar-refractivity contribution in [2.45, 2.75) is 49.9 Å². The van der Waals surface area contributed by atoms with Gasteiger partial charge in [0.1, 0.15) is 5.82 Å². The van der Waals surface area contributed by atoms with E-state index in [2.05, 4.69) is 9.88 Å². The monoisotopic (exact) mass is 406 g/mol. The Morgan fingerprint density at radius 2 is 1.83 bits per heavy atom. The molecule has 1 N–H and O–H groups in total. The number of hydrogen-bond donors (Lipinski definition) is 1. The molecule has 1 unspecified atom stereocenters. The minimum absolute atomic E-state index is 0.0314. The fraction of sp³-hybridized carbons (Fsp3) is 0.500. The first kappa shape index (κ1) is 20.0. The molecule has 2 heterocycles. The van der Waals surface area contributed by atoms with Gasteiger partial charge in [-0.3, -0.25) is 0 Å². The van der Waals surface area contributed by atoms with E-state index in [-0.39, 0.29) is 17.8 Å². The summed E-state index contributed by atoms with van der Waals surface area (Å²) in [6.45, 7) is -0.772. The summed E-state index contributed by atoms with van der Waals surface area (Å²) in [7, 11) is 0. The van der Waals surface area contributed by atoms with Crippen LogP contribution in [0.4, 0.5) is 19.0 Å². The smallest absolute Gasteiger partial charge is 0.422 e. The minimum atomic E-state index is -4.40. The highest BCUT2D eigenvalue weighted by molar-refractivity contribution is 5.44. The van der Waals surface area contributed by atoms with E-state index in [1.807, 2.05) is 30.3 Å². The molecule has 0 bridgehead atoms. The Kier molecular flexibility index (Phi) is 5.42. The normalized spacial score (nSPS) is 27.4. The summed E-state index contributed by atoms with van der Waals surface area (Å²) in [5.41, 5.74) is 0.0412. The molecule has 1 aliphatic heterocycles. The van der Waals surface area contributed by atoms with Gasteiger partial charge in [-0.1, -0.05) is 49.2 Å². The van der Waals surface area contributed by atoms with Crippen LogP contribution in [0.2, 0.25) is 0 Å². The third kappa shape index (κ3) is 4.20. The maximum Gasteiger partial charge on any atom is 0.422 e. The van der Waals surface area contributed by atoms with Crippen LogP contribution in [0, 0.1) is 5.92 Å². The van der Waals surface area contributed by atoms with Gasteiger partial charge < -0.3 is 14.7 Å². The Morgan fingerprint density at radius 1 is 1.07 bits per heavy atom. The third-order valence-electron chi connectivity index (χ3n) is 6.14.